The molecule has 0 aliphatic carbocycles. The number of hydrogen-bond acceptors (Lipinski definition) is 5. The van der Waals surface area contributed by atoms with Crippen molar-refractivity contribution in [3.63, 3.8) is 0 Å². The number of likely N-dealkylation sites (tertiary alicyclic amines) is 1. The lowest BCUT2D eigenvalue weighted by molar-refractivity contribution is 0.0969. The molecule has 0 saturated carbocycles. The summed E-state index contributed by atoms with van der Waals surface area (Å²) in [5.74, 6) is 2.27. The molecule has 3 heterocycles. The number of methoxy groups -OCH3 is 1. The van der Waals surface area contributed by atoms with Crippen LogP contribution in [-0.4, -0.2) is 48.3 Å². The molecule has 2 aromatic carbocycles. The Morgan fingerprint density at radius 3 is 2.61 bits per heavy atom. The van der Waals surface area contributed by atoms with Gasteiger partial charge in [0, 0.05) is 37.6 Å². The Balaban J connectivity index is 1.40. The van der Waals surface area contributed by atoms with E-state index >= 15 is 0 Å². The van der Waals surface area contributed by atoms with E-state index in [4.69, 9.17) is 19.3 Å². The highest BCUT2D eigenvalue weighted by atomic mass is 16.7. The first-order chi connectivity index (χ1) is 15.3. The first kappa shape index (κ1) is 20.1. The molecule has 2 aliphatic rings. The van der Waals surface area contributed by atoms with Crippen LogP contribution >= 0.6 is 0 Å². The van der Waals surface area contributed by atoms with E-state index < -0.39 is 0 Å². The molecule has 0 N–H and O–H groups in total. The van der Waals surface area contributed by atoms with Crippen LogP contribution in [0, 0.1) is 5.92 Å². The van der Waals surface area contributed by atoms with Gasteiger partial charge in [0.05, 0.1) is 12.2 Å². The second kappa shape index (κ2) is 9.12. The lowest BCUT2D eigenvalue weighted by Gasteiger charge is -2.31. The van der Waals surface area contributed by atoms with Crippen LogP contribution in [0.4, 0.5) is 0 Å². The molecule has 31 heavy (non-hydrogen) atoms. The van der Waals surface area contributed by atoms with Crippen molar-refractivity contribution < 1.29 is 14.2 Å². The molecule has 0 bridgehead atoms. The third-order valence-electron chi connectivity index (χ3n) is 6.17. The fraction of sp³-hybridized carbons (Fsp3) is 0.400. The molecule has 0 unspecified atom stereocenters. The van der Waals surface area contributed by atoms with Gasteiger partial charge in [-0.15, -0.1) is 0 Å². The SMILES string of the molecule is COCC1CCN(Cc2cn(Cc3ccccc3)nc2-c2ccc3c(c2)OCO3)CC1. The van der Waals surface area contributed by atoms with E-state index in [1.165, 1.54) is 24.0 Å². The van der Waals surface area contributed by atoms with Crippen molar-refractivity contribution in [1.29, 1.82) is 0 Å². The van der Waals surface area contributed by atoms with Crippen molar-refractivity contribution in [2.75, 3.05) is 33.6 Å². The third-order valence-corrected chi connectivity index (χ3v) is 6.17. The van der Waals surface area contributed by atoms with E-state index in [2.05, 4.69) is 46.1 Å². The Hall–Kier alpha value is -2.83. The maximum Gasteiger partial charge on any atom is 0.231 e. The molecule has 1 aromatic heterocycles. The molecule has 0 spiro atoms. The first-order valence-electron chi connectivity index (χ1n) is 11.0. The fourth-order valence-corrected chi connectivity index (χ4v) is 4.50. The van der Waals surface area contributed by atoms with Gasteiger partial charge in [-0.2, -0.15) is 5.10 Å². The Kier molecular flexibility index (Phi) is 5.91. The highest BCUT2D eigenvalue weighted by molar-refractivity contribution is 5.67. The summed E-state index contributed by atoms with van der Waals surface area (Å²) in [6.45, 7) is 5.00. The largest absolute Gasteiger partial charge is 0.454 e. The molecule has 1 fully saturated rings. The molecule has 3 aromatic rings. The molecule has 5 rings (SSSR count). The summed E-state index contributed by atoms with van der Waals surface area (Å²) in [5, 5.41) is 4.98. The summed E-state index contributed by atoms with van der Waals surface area (Å²) in [6, 6.07) is 16.6. The molecule has 0 atom stereocenters. The summed E-state index contributed by atoms with van der Waals surface area (Å²) in [7, 11) is 1.80. The van der Waals surface area contributed by atoms with Crippen LogP contribution in [0.3, 0.4) is 0 Å². The van der Waals surface area contributed by atoms with E-state index in [1.807, 2.05) is 18.2 Å². The Labute approximate surface area is 183 Å². The molecule has 162 valence electrons. The minimum atomic E-state index is 0.282. The van der Waals surface area contributed by atoms with Gasteiger partial charge < -0.3 is 14.2 Å². The average Bonchev–Trinajstić information content (AvgIpc) is 3.42. The number of benzene rings is 2. The van der Waals surface area contributed by atoms with E-state index in [0.717, 1.165) is 55.5 Å². The first-order valence-corrected chi connectivity index (χ1v) is 11.0. The smallest absolute Gasteiger partial charge is 0.231 e. The zero-order valence-corrected chi connectivity index (χ0v) is 18.0. The highest BCUT2D eigenvalue weighted by Crippen LogP contribution is 2.36. The van der Waals surface area contributed by atoms with Gasteiger partial charge >= 0.3 is 0 Å². The average molecular weight is 420 g/mol. The lowest BCUT2D eigenvalue weighted by atomic mass is 9.97. The number of ether oxygens (including phenoxy) is 3. The molecule has 0 amide bonds. The van der Waals surface area contributed by atoms with Gasteiger partial charge in [0.2, 0.25) is 6.79 Å². The van der Waals surface area contributed by atoms with Crippen LogP contribution in [0.5, 0.6) is 11.5 Å². The van der Waals surface area contributed by atoms with Gasteiger partial charge in [0.1, 0.15) is 0 Å². The minimum Gasteiger partial charge on any atom is -0.454 e. The topological polar surface area (TPSA) is 48.8 Å². The van der Waals surface area contributed by atoms with Crippen LogP contribution in [0.2, 0.25) is 0 Å². The van der Waals surface area contributed by atoms with Crippen molar-refractivity contribution in [3.8, 4) is 22.8 Å². The van der Waals surface area contributed by atoms with E-state index in [-0.39, 0.29) is 6.79 Å². The number of nitrogens with zero attached hydrogens (tertiary/aromatic N) is 3. The van der Waals surface area contributed by atoms with Crippen LogP contribution in [0.1, 0.15) is 24.0 Å². The van der Waals surface area contributed by atoms with Crippen LogP contribution in [0.25, 0.3) is 11.3 Å². The summed E-state index contributed by atoms with van der Waals surface area (Å²) in [4.78, 5) is 2.53. The van der Waals surface area contributed by atoms with E-state index in [0.29, 0.717) is 5.92 Å². The van der Waals surface area contributed by atoms with Crippen LogP contribution in [-0.2, 0) is 17.8 Å². The quantitative estimate of drug-likeness (QED) is 0.575. The number of piperidine rings is 1. The fourth-order valence-electron chi connectivity index (χ4n) is 4.50. The normalized spacial score (nSPS) is 16.7. The second-order valence-corrected chi connectivity index (χ2v) is 8.43. The molecule has 6 nitrogen and oxygen atoms in total. The molecule has 0 radical (unpaired) electrons. The predicted molar refractivity (Wildman–Crippen MR) is 119 cm³/mol. The highest BCUT2D eigenvalue weighted by Gasteiger charge is 2.22. The van der Waals surface area contributed by atoms with Crippen LogP contribution in [0.15, 0.2) is 54.7 Å². The van der Waals surface area contributed by atoms with Crippen molar-refractivity contribution in [2.24, 2.45) is 5.92 Å². The Morgan fingerprint density at radius 1 is 1.00 bits per heavy atom. The number of fused-ring (bicyclic) bond motifs is 1. The standard InChI is InChI=1S/C25H29N3O3/c1-29-17-20-9-11-27(12-10-20)15-22-16-28(14-19-5-3-2-4-6-19)26-25(22)21-7-8-23-24(13-21)31-18-30-23/h2-8,13,16,20H,9-12,14-15,17-18H2,1H3. The van der Waals surface area contributed by atoms with Gasteiger partial charge in [0.15, 0.2) is 11.5 Å². The summed E-state index contributed by atoms with van der Waals surface area (Å²) >= 11 is 0. The molecule has 6 heteroatoms. The Morgan fingerprint density at radius 2 is 1.81 bits per heavy atom. The monoisotopic (exact) mass is 419 g/mol. The summed E-state index contributed by atoms with van der Waals surface area (Å²) < 4.78 is 18.5. The molecular weight excluding hydrogens is 390 g/mol. The third kappa shape index (κ3) is 4.60. The minimum absolute atomic E-state index is 0.282. The zero-order valence-electron chi connectivity index (χ0n) is 18.0. The summed E-state index contributed by atoms with van der Waals surface area (Å²) in [5.41, 5.74) is 4.59. The van der Waals surface area contributed by atoms with Gasteiger partial charge in [-0.05, 0) is 55.6 Å². The maximum absolute atomic E-state index is 5.61. The van der Waals surface area contributed by atoms with E-state index in [1.54, 1.807) is 7.11 Å². The predicted octanol–water partition coefficient (Wildman–Crippen LogP) is 4.19. The molecule has 1 saturated heterocycles. The van der Waals surface area contributed by atoms with Gasteiger partial charge in [-0.1, -0.05) is 30.3 Å². The number of rotatable bonds is 7. The van der Waals surface area contributed by atoms with Gasteiger partial charge in [-0.3, -0.25) is 9.58 Å². The van der Waals surface area contributed by atoms with Gasteiger partial charge in [0.25, 0.3) is 0 Å². The lowest BCUT2D eigenvalue weighted by Crippen LogP contribution is -2.34. The van der Waals surface area contributed by atoms with Crippen molar-refractivity contribution in [1.82, 2.24) is 14.7 Å². The van der Waals surface area contributed by atoms with Crippen molar-refractivity contribution >= 4 is 0 Å². The second-order valence-electron chi connectivity index (χ2n) is 8.43. The number of aromatic nitrogens is 2. The van der Waals surface area contributed by atoms with Crippen molar-refractivity contribution in [2.45, 2.75) is 25.9 Å². The van der Waals surface area contributed by atoms with Gasteiger partial charge in [-0.25, -0.2) is 0 Å². The molecular formula is C25H29N3O3. The summed E-state index contributed by atoms with van der Waals surface area (Å²) in [6.07, 6.45) is 4.57. The molecule has 2 aliphatic heterocycles. The number of hydrogen-bond donors (Lipinski definition) is 0. The van der Waals surface area contributed by atoms with E-state index in [9.17, 15) is 0 Å². The van der Waals surface area contributed by atoms with Crippen LogP contribution < -0.4 is 9.47 Å². The maximum atomic E-state index is 5.61. The zero-order chi connectivity index (χ0) is 21.0. The van der Waals surface area contributed by atoms with Crippen molar-refractivity contribution in [3.05, 3.63) is 65.9 Å². The Bertz CT molecular complexity index is 1010.